The first-order valence-electron chi connectivity index (χ1n) is 7.17. The van der Waals surface area contributed by atoms with Crippen LogP contribution in [0.25, 0.3) is 0 Å². The van der Waals surface area contributed by atoms with Gasteiger partial charge in [-0.2, -0.15) is 0 Å². The number of thioether (sulfide) groups is 2. The minimum absolute atomic E-state index is 0.180. The molecule has 2 aliphatic heterocycles. The van der Waals surface area contributed by atoms with Crippen molar-refractivity contribution < 1.29 is 9.59 Å². The minimum atomic E-state index is -0.180. The Labute approximate surface area is 157 Å². The van der Waals surface area contributed by atoms with E-state index in [-0.39, 0.29) is 11.6 Å². The summed E-state index contributed by atoms with van der Waals surface area (Å²) in [5, 5.41) is 0.921. The number of Topliss-reactive ketones (excluding diaryl/α,β-unsaturated/α-hetero) is 2. The molecule has 0 saturated carbocycles. The number of halogens is 2. The van der Waals surface area contributed by atoms with Crippen LogP contribution in [-0.4, -0.2) is 11.6 Å². The lowest BCUT2D eigenvalue weighted by Crippen LogP contribution is -2.03. The predicted molar refractivity (Wildman–Crippen MR) is 99.8 cm³/mol. The smallest absolute Gasteiger partial charge is 0.203 e. The first-order valence-corrected chi connectivity index (χ1v) is 9.56. The summed E-state index contributed by atoms with van der Waals surface area (Å²) in [6, 6.07) is 7.52. The van der Waals surface area contributed by atoms with Gasteiger partial charge in [-0.15, -0.1) is 0 Å². The van der Waals surface area contributed by atoms with Crippen molar-refractivity contribution in [2.24, 2.45) is 0 Å². The lowest BCUT2D eigenvalue weighted by molar-refractivity contribution is 0.101. The van der Waals surface area contributed by atoms with E-state index in [2.05, 4.69) is 0 Å². The Morgan fingerprint density at radius 2 is 1.08 bits per heavy atom. The highest BCUT2D eigenvalue weighted by molar-refractivity contribution is 8.08. The molecule has 2 aromatic carbocycles. The molecular weight excluding hydrogens is 383 g/mol. The number of carbonyl (C=O) groups is 2. The fourth-order valence-corrected chi connectivity index (χ4v) is 5.69. The molecule has 0 saturated heterocycles. The van der Waals surface area contributed by atoms with E-state index < -0.39 is 0 Å². The number of carbonyl (C=O) groups excluding carboxylic acids is 2. The SMILES string of the molecule is Cc1ccc2c(c1Cl)C(=O)C(=C1Sc3ccc(C)c(Cl)c3C1=O)S2. The third-order valence-corrected chi connectivity index (χ3v) is 7.50. The van der Waals surface area contributed by atoms with Crippen molar-refractivity contribution in [2.75, 3.05) is 0 Å². The zero-order valence-electron chi connectivity index (χ0n) is 12.7. The van der Waals surface area contributed by atoms with Gasteiger partial charge in [0.15, 0.2) is 0 Å². The van der Waals surface area contributed by atoms with Crippen molar-refractivity contribution >= 4 is 58.3 Å². The van der Waals surface area contributed by atoms with E-state index in [0.717, 1.165) is 20.9 Å². The quantitative estimate of drug-likeness (QED) is 0.507. The number of hydrogen-bond donors (Lipinski definition) is 0. The highest BCUT2D eigenvalue weighted by atomic mass is 35.5. The summed E-state index contributed by atoms with van der Waals surface area (Å²) in [7, 11) is 0. The molecule has 0 spiro atoms. The minimum Gasteiger partial charge on any atom is -0.288 e. The second-order valence-corrected chi connectivity index (χ2v) is 8.52. The zero-order chi connectivity index (χ0) is 17.2. The van der Waals surface area contributed by atoms with Gasteiger partial charge in [-0.3, -0.25) is 9.59 Å². The first-order chi connectivity index (χ1) is 11.4. The molecule has 0 unspecified atom stereocenters. The molecule has 0 aromatic heterocycles. The van der Waals surface area contributed by atoms with Gasteiger partial charge in [-0.25, -0.2) is 0 Å². The molecule has 0 fully saturated rings. The van der Waals surface area contributed by atoms with Crippen LogP contribution in [0.15, 0.2) is 43.9 Å². The monoisotopic (exact) mass is 392 g/mol. The van der Waals surface area contributed by atoms with Gasteiger partial charge in [0.2, 0.25) is 11.6 Å². The van der Waals surface area contributed by atoms with Crippen molar-refractivity contribution in [3.63, 3.8) is 0 Å². The Kier molecular flexibility index (Phi) is 3.84. The third-order valence-electron chi connectivity index (χ3n) is 4.09. The Morgan fingerprint density at radius 1 is 0.708 bits per heavy atom. The Balaban J connectivity index is 1.86. The van der Waals surface area contributed by atoms with E-state index in [4.69, 9.17) is 23.2 Å². The van der Waals surface area contributed by atoms with Gasteiger partial charge < -0.3 is 0 Å². The lowest BCUT2D eigenvalue weighted by Gasteiger charge is -2.02. The topological polar surface area (TPSA) is 34.1 Å². The molecule has 0 aliphatic carbocycles. The highest BCUT2D eigenvalue weighted by Crippen LogP contribution is 2.52. The van der Waals surface area contributed by atoms with Crippen LogP contribution in [0.4, 0.5) is 0 Å². The molecule has 0 bridgehead atoms. The first kappa shape index (κ1) is 16.3. The normalized spacial score (nSPS) is 19.0. The van der Waals surface area contributed by atoms with Gasteiger partial charge in [0.1, 0.15) is 0 Å². The largest absolute Gasteiger partial charge is 0.288 e. The Bertz CT molecular complexity index is 913. The van der Waals surface area contributed by atoms with Gasteiger partial charge in [0.05, 0.1) is 31.0 Å². The van der Waals surface area contributed by atoms with Gasteiger partial charge >= 0.3 is 0 Å². The van der Waals surface area contributed by atoms with E-state index in [9.17, 15) is 9.59 Å². The summed E-state index contributed by atoms with van der Waals surface area (Å²) >= 11 is 15.2. The number of fused-ring (bicyclic) bond motifs is 2. The predicted octanol–water partition coefficient (Wildman–Crippen LogP) is 6.10. The Hall–Kier alpha value is -1.20. The van der Waals surface area contributed by atoms with Crippen LogP contribution in [0.2, 0.25) is 10.0 Å². The summed E-state index contributed by atoms with van der Waals surface area (Å²) in [5.74, 6) is -0.361. The zero-order valence-corrected chi connectivity index (χ0v) is 15.8. The summed E-state index contributed by atoms with van der Waals surface area (Å²) < 4.78 is 0. The van der Waals surface area contributed by atoms with Crippen LogP contribution >= 0.6 is 46.7 Å². The van der Waals surface area contributed by atoms with Gasteiger partial charge in [0.25, 0.3) is 0 Å². The molecule has 6 heteroatoms. The molecule has 0 N–H and O–H groups in total. The van der Waals surface area contributed by atoms with Crippen LogP contribution in [0.5, 0.6) is 0 Å². The van der Waals surface area contributed by atoms with Crippen LogP contribution in [0, 0.1) is 13.8 Å². The van der Waals surface area contributed by atoms with Gasteiger partial charge in [0, 0.05) is 9.79 Å². The molecule has 0 atom stereocenters. The number of allylic oxidation sites excluding steroid dienone is 2. The standard InChI is InChI=1S/C18H10Cl2O2S2/c1-7-3-5-9-11(13(7)19)15(21)17(23-9)18-16(22)12-10(24-18)6-4-8(2)14(12)20/h3-6H,1-2H3. The number of hydrogen-bond acceptors (Lipinski definition) is 4. The lowest BCUT2D eigenvalue weighted by atomic mass is 10.0. The molecule has 2 nitrogen and oxygen atoms in total. The summed E-state index contributed by atoms with van der Waals surface area (Å²) in [6.07, 6.45) is 0. The van der Waals surface area contributed by atoms with E-state index in [0.29, 0.717) is 31.0 Å². The fraction of sp³-hybridized carbons (Fsp3) is 0.111. The molecule has 0 radical (unpaired) electrons. The Morgan fingerprint density at radius 3 is 1.46 bits per heavy atom. The molecule has 24 heavy (non-hydrogen) atoms. The molecule has 2 aliphatic rings. The second-order valence-electron chi connectivity index (χ2n) is 5.66. The molecular formula is C18H10Cl2O2S2. The average molecular weight is 393 g/mol. The van der Waals surface area contributed by atoms with Crippen LogP contribution < -0.4 is 0 Å². The summed E-state index contributed by atoms with van der Waals surface area (Å²) in [5.41, 5.74) is 2.69. The van der Waals surface area contributed by atoms with Crippen LogP contribution in [0.1, 0.15) is 31.8 Å². The third kappa shape index (κ3) is 2.21. The molecule has 4 rings (SSSR count). The highest BCUT2D eigenvalue weighted by Gasteiger charge is 2.38. The van der Waals surface area contributed by atoms with Crippen molar-refractivity contribution in [3.05, 3.63) is 66.4 Å². The fourth-order valence-electron chi connectivity index (χ4n) is 2.76. The van der Waals surface area contributed by atoms with Crippen molar-refractivity contribution in [1.29, 1.82) is 0 Å². The molecule has 0 amide bonds. The van der Waals surface area contributed by atoms with Gasteiger partial charge in [-0.1, -0.05) is 58.9 Å². The van der Waals surface area contributed by atoms with E-state index in [1.54, 1.807) is 0 Å². The maximum atomic E-state index is 12.8. The molecule has 2 heterocycles. The van der Waals surface area contributed by atoms with Crippen molar-refractivity contribution in [1.82, 2.24) is 0 Å². The second kappa shape index (κ2) is 5.67. The molecule has 2 aromatic rings. The number of rotatable bonds is 0. The number of aryl methyl sites for hydroxylation is 2. The number of benzene rings is 2. The number of ketones is 2. The van der Waals surface area contributed by atoms with E-state index in [1.807, 2.05) is 38.1 Å². The summed E-state index contributed by atoms with van der Waals surface area (Å²) in [4.78, 5) is 28.2. The van der Waals surface area contributed by atoms with Crippen LogP contribution in [0.3, 0.4) is 0 Å². The van der Waals surface area contributed by atoms with Crippen LogP contribution in [-0.2, 0) is 0 Å². The average Bonchev–Trinajstić information content (AvgIpc) is 3.05. The van der Waals surface area contributed by atoms with Crippen molar-refractivity contribution in [2.45, 2.75) is 23.6 Å². The van der Waals surface area contributed by atoms with E-state index >= 15 is 0 Å². The maximum absolute atomic E-state index is 12.8. The van der Waals surface area contributed by atoms with Crippen molar-refractivity contribution in [3.8, 4) is 0 Å². The van der Waals surface area contributed by atoms with Gasteiger partial charge in [-0.05, 0) is 37.1 Å². The molecule has 120 valence electrons. The van der Waals surface area contributed by atoms with E-state index in [1.165, 1.54) is 23.5 Å². The maximum Gasteiger partial charge on any atom is 0.203 e. The summed E-state index contributed by atoms with van der Waals surface area (Å²) in [6.45, 7) is 3.72.